The average Bonchev–Trinajstić information content (AvgIpc) is 2.56. The molecule has 1 aromatic rings. The zero-order chi connectivity index (χ0) is 18.4. The van der Waals surface area contributed by atoms with Gasteiger partial charge in [0.1, 0.15) is 16.9 Å². The minimum absolute atomic E-state index is 0.184. The van der Waals surface area contributed by atoms with Crippen LogP contribution >= 0.6 is 0 Å². The molecule has 6 nitrogen and oxygen atoms in total. The van der Waals surface area contributed by atoms with Gasteiger partial charge in [-0.2, -0.15) is 0 Å². The van der Waals surface area contributed by atoms with E-state index in [0.29, 0.717) is 11.1 Å². The number of aromatic hydroxyl groups is 1. The fraction of sp³-hybridized carbons (Fsp3) is 0. The first-order chi connectivity index (χ1) is 11.9. The summed E-state index contributed by atoms with van der Waals surface area (Å²) in [5, 5.41) is 27.3. The van der Waals surface area contributed by atoms with E-state index in [9.17, 15) is 19.5 Å². The first-order valence-corrected chi connectivity index (χ1v) is 7.17. The van der Waals surface area contributed by atoms with Crippen LogP contribution in [0.1, 0.15) is 15.9 Å². The predicted molar refractivity (Wildman–Crippen MR) is 91.2 cm³/mol. The van der Waals surface area contributed by atoms with Crippen LogP contribution in [0.4, 0.5) is 0 Å². The summed E-state index contributed by atoms with van der Waals surface area (Å²) in [6, 6.07) is 4.22. The number of allylic oxidation sites excluding steroid dienone is 8. The maximum absolute atomic E-state index is 11.4. The highest BCUT2D eigenvalue weighted by atomic mass is 16.4. The lowest BCUT2D eigenvalue weighted by Gasteiger charge is -2.03. The molecule has 126 valence electrons. The Bertz CT molecular complexity index is 881. The van der Waals surface area contributed by atoms with Gasteiger partial charge < -0.3 is 15.3 Å². The van der Waals surface area contributed by atoms with Gasteiger partial charge in [-0.15, -0.1) is 0 Å². The number of carboxylic acid groups (broad SMARTS) is 2. The van der Waals surface area contributed by atoms with E-state index in [-0.39, 0.29) is 16.9 Å². The van der Waals surface area contributed by atoms with Gasteiger partial charge >= 0.3 is 11.9 Å². The Kier molecular flexibility index (Phi) is 5.47. The van der Waals surface area contributed by atoms with Gasteiger partial charge in [0, 0.05) is 0 Å². The number of phenols is 1. The van der Waals surface area contributed by atoms with E-state index in [1.807, 2.05) is 0 Å². The summed E-state index contributed by atoms with van der Waals surface area (Å²) < 4.78 is 0. The van der Waals surface area contributed by atoms with Crippen molar-refractivity contribution in [3.63, 3.8) is 0 Å². The van der Waals surface area contributed by atoms with E-state index in [1.165, 1.54) is 30.4 Å². The van der Waals surface area contributed by atoms with Crippen LogP contribution in [0.3, 0.4) is 0 Å². The summed E-state index contributed by atoms with van der Waals surface area (Å²) in [5.74, 6) is -3.34. The third-order valence-corrected chi connectivity index (χ3v) is 3.28. The fourth-order valence-electron chi connectivity index (χ4n) is 2.04. The molecule has 0 fully saturated rings. The number of rotatable bonds is 5. The van der Waals surface area contributed by atoms with Crippen molar-refractivity contribution in [3.05, 3.63) is 83.0 Å². The van der Waals surface area contributed by atoms with Crippen molar-refractivity contribution in [2.24, 2.45) is 0 Å². The molecule has 0 spiro atoms. The first-order valence-electron chi connectivity index (χ1n) is 7.17. The molecule has 1 aromatic carbocycles. The molecule has 25 heavy (non-hydrogen) atoms. The Morgan fingerprint density at radius 3 is 2.40 bits per heavy atom. The zero-order valence-corrected chi connectivity index (χ0v) is 12.9. The van der Waals surface area contributed by atoms with Crippen molar-refractivity contribution in [3.8, 4) is 5.75 Å². The Morgan fingerprint density at radius 2 is 1.72 bits per heavy atom. The number of aromatic carboxylic acids is 1. The SMILES string of the molecule is O=C(O)C1=CC(=CC=CC=Cc2ccc(O)c(C(=O)O)c2)C=CC1=O. The van der Waals surface area contributed by atoms with Crippen molar-refractivity contribution in [2.45, 2.75) is 0 Å². The van der Waals surface area contributed by atoms with Crippen LogP contribution in [0, 0.1) is 0 Å². The summed E-state index contributed by atoms with van der Waals surface area (Å²) in [4.78, 5) is 33.2. The van der Waals surface area contributed by atoms with Crippen molar-refractivity contribution in [2.75, 3.05) is 0 Å². The topological polar surface area (TPSA) is 112 Å². The van der Waals surface area contributed by atoms with Gasteiger partial charge in [0.05, 0.1) is 0 Å². The van der Waals surface area contributed by atoms with Crippen molar-refractivity contribution >= 4 is 23.8 Å². The Balaban J connectivity index is 2.09. The monoisotopic (exact) mass is 338 g/mol. The average molecular weight is 338 g/mol. The van der Waals surface area contributed by atoms with Gasteiger partial charge in [-0.3, -0.25) is 4.79 Å². The van der Waals surface area contributed by atoms with E-state index >= 15 is 0 Å². The number of carboxylic acids is 2. The summed E-state index contributed by atoms with van der Waals surface area (Å²) in [7, 11) is 0. The molecule has 0 heterocycles. The summed E-state index contributed by atoms with van der Waals surface area (Å²) >= 11 is 0. The van der Waals surface area contributed by atoms with Gasteiger partial charge in [0.25, 0.3) is 0 Å². The minimum Gasteiger partial charge on any atom is -0.507 e. The largest absolute Gasteiger partial charge is 0.507 e. The van der Waals surface area contributed by atoms with Gasteiger partial charge in [-0.05, 0) is 35.4 Å². The summed E-state index contributed by atoms with van der Waals surface area (Å²) in [6.45, 7) is 0. The van der Waals surface area contributed by atoms with Crippen LogP contribution < -0.4 is 0 Å². The Hall–Kier alpha value is -3.67. The van der Waals surface area contributed by atoms with Crippen LogP contribution in [-0.2, 0) is 9.59 Å². The molecule has 0 amide bonds. The second-order valence-electron chi connectivity index (χ2n) is 5.05. The maximum atomic E-state index is 11.4. The normalized spacial score (nSPS) is 15.9. The zero-order valence-electron chi connectivity index (χ0n) is 12.9. The van der Waals surface area contributed by atoms with E-state index in [0.717, 1.165) is 0 Å². The molecular formula is C19H14O6. The number of carbonyl (C=O) groups excluding carboxylic acids is 1. The van der Waals surface area contributed by atoms with E-state index < -0.39 is 17.7 Å². The molecule has 0 unspecified atom stereocenters. The van der Waals surface area contributed by atoms with E-state index in [1.54, 1.807) is 36.4 Å². The van der Waals surface area contributed by atoms with Crippen LogP contribution in [0.25, 0.3) is 6.08 Å². The molecule has 0 saturated heterocycles. The Morgan fingerprint density at radius 1 is 0.960 bits per heavy atom. The third-order valence-electron chi connectivity index (χ3n) is 3.28. The van der Waals surface area contributed by atoms with Crippen LogP contribution in [0.5, 0.6) is 5.75 Å². The molecule has 0 aromatic heterocycles. The summed E-state index contributed by atoms with van der Waals surface area (Å²) in [6.07, 6.45) is 12.3. The number of hydrogen-bond acceptors (Lipinski definition) is 4. The second-order valence-corrected chi connectivity index (χ2v) is 5.05. The second kappa shape index (κ2) is 7.74. The highest BCUT2D eigenvalue weighted by Gasteiger charge is 2.17. The molecule has 0 radical (unpaired) electrons. The lowest BCUT2D eigenvalue weighted by Crippen LogP contribution is -2.12. The number of hydrogen-bond donors (Lipinski definition) is 3. The standard InChI is InChI=1S/C19H14O6/c20-16-8-6-12(10-14(16)18(22)23)4-2-1-3-5-13-7-9-17(21)15(11-13)19(24)25/h1-11,20H,(H,22,23)(H,24,25). The van der Waals surface area contributed by atoms with Gasteiger partial charge in [0.2, 0.25) is 0 Å². The van der Waals surface area contributed by atoms with Crippen LogP contribution in [0.15, 0.2) is 71.9 Å². The fourth-order valence-corrected chi connectivity index (χ4v) is 2.04. The third kappa shape index (κ3) is 4.65. The quantitative estimate of drug-likeness (QED) is 0.562. The molecule has 1 aliphatic carbocycles. The highest BCUT2D eigenvalue weighted by Crippen LogP contribution is 2.19. The first kappa shape index (κ1) is 17.7. The molecule has 0 bridgehead atoms. The van der Waals surface area contributed by atoms with Gasteiger partial charge in [-0.1, -0.05) is 42.5 Å². The van der Waals surface area contributed by atoms with Gasteiger partial charge in [0.15, 0.2) is 5.78 Å². The number of benzene rings is 1. The molecule has 3 N–H and O–H groups in total. The highest BCUT2D eigenvalue weighted by molar-refractivity contribution is 6.22. The summed E-state index contributed by atoms with van der Waals surface area (Å²) in [5.41, 5.74) is 0.697. The molecule has 1 aliphatic rings. The number of ketones is 1. The molecule has 6 heteroatoms. The van der Waals surface area contributed by atoms with Crippen molar-refractivity contribution in [1.29, 1.82) is 0 Å². The lowest BCUT2D eigenvalue weighted by molar-refractivity contribution is -0.134. The van der Waals surface area contributed by atoms with E-state index in [2.05, 4.69) is 0 Å². The maximum Gasteiger partial charge on any atom is 0.339 e. The number of aliphatic carboxylic acids is 1. The van der Waals surface area contributed by atoms with Gasteiger partial charge in [-0.25, -0.2) is 9.59 Å². The predicted octanol–water partition coefficient (Wildman–Crippen LogP) is 2.74. The molecule has 0 atom stereocenters. The van der Waals surface area contributed by atoms with Crippen LogP contribution in [-0.4, -0.2) is 33.0 Å². The molecule has 2 rings (SSSR count). The molecule has 0 saturated carbocycles. The molecule has 0 aliphatic heterocycles. The molecular weight excluding hydrogens is 324 g/mol. The van der Waals surface area contributed by atoms with Crippen LogP contribution in [0.2, 0.25) is 0 Å². The van der Waals surface area contributed by atoms with E-state index in [4.69, 9.17) is 10.2 Å². The Labute approximate surface area is 143 Å². The van der Waals surface area contributed by atoms with Crippen molar-refractivity contribution in [1.82, 2.24) is 0 Å². The lowest BCUT2D eigenvalue weighted by atomic mass is 10.0. The number of carbonyl (C=O) groups is 3. The van der Waals surface area contributed by atoms with Crippen molar-refractivity contribution < 1.29 is 29.7 Å². The smallest absolute Gasteiger partial charge is 0.339 e. The minimum atomic E-state index is -1.27.